The number of esters is 2. The molecule has 165 valence electrons. The Balaban J connectivity index is 1.38. The van der Waals surface area contributed by atoms with Crippen molar-refractivity contribution in [3.63, 3.8) is 0 Å². The lowest BCUT2D eigenvalue weighted by atomic mass is 9.40. The summed E-state index contributed by atoms with van der Waals surface area (Å²) in [6.07, 6.45) is 9.22. The van der Waals surface area contributed by atoms with Gasteiger partial charge < -0.3 is 14.4 Å². The van der Waals surface area contributed by atoms with E-state index in [1.807, 2.05) is 19.0 Å². The largest absolute Gasteiger partial charge is 0.465 e. The Morgan fingerprint density at radius 1 is 1.00 bits per heavy atom. The van der Waals surface area contributed by atoms with Crippen LogP contribution in [0.5, 0.6) is 0 Å². The third-order valence-corrected chi connectivity index (χ3v) is 7.21. The summed E-state index contributed by atoms with van der Waals surface area (Å²) in [4.78, 5) is 26.4. The van der Waals surface area contributed by atoms with Crippen molar-refractivity contribution in [2.24, 2.45) is 28.1 Å². The zero-order valence-corrected chi connectivity index (χ0v) is 18.9. The van der Waals surface area contributed by atoms with Crippen molar-refractivity contribution in [2.75, 3.05) is 33.9 Å². The topological polar surface area (TPSA) is 55.8 Å². The first-order chi connectivity index (χ1) is 13.5. The lowest BCUT2D eigenvalue weighted by Gasteiger charge is -2.65. The maximum absolute atomic E-state index is 12.6. The van der Waals surface area contributed by atoms with E-state index < -0.39 is 0 Å². The van der Waals surface area contributed by atoms with E-state index in [1.165, 1.54) is 38.5 Å². The second-order valence-electron chi connectivity index (χ2n) is 11.4. The van der Waals surface area contributed by atoms with Gasteiger partial charge in [-0.15, -0.1) is 0 Å². The van der Waals surface area contributed by atoms with Gasteiger partial charge in [0.1, 0.15) is 0 Å². The summed E-state index contributed by atoms with van der Waals surface area (Å²) < 4.78 is 10.8. The van der Waals surface area contributed by atoms with Crippen molar-refractivity contribution >= 4 is 11.9 Å². The van der Waals surface area contributed by atoms with E-state index in [-0.39, 0.29) is 36.5 Å². The molecule has 5 nitrogen and oxygen atoms in total. The van der Waals surface area contributed by atoms with Crippen molar-refractivity contribution < 1.29 is 19.1 Å². The van der Waals surface area contributed by atoms with E-state index >= 15 is 0 Å². The van der Waals surface area contributed by atoms with Crippen LogP contribution in [0.3, 0.4) is 0 Å². The minimum absolute atomic E-state index is 0.106. The first kappa shape index (κ1) is 22.6. The van der Waals surface area contributed by atoms with E-state index in [2.05, 4.69) is 20.8 Å². The van der Waals surface area contributed by atoms with E-state index in [9.17, 15) is 9.59 Å². The van der Waals surface area contributed by atoms with Gasteiger partial charge in [-0.1, -0.05) is 13.8 Å². The Morgan fingerprint density at radius 2 is 1.59 bits per heavy atom. The summed E-state index contributed by atoms with van der Waals surface area (Å²) in [7, 11) is 3.96. The van der Waals surface area contributed by atoms with Crippen molar-refractivity contribution in [3.8, 4) is 0 Å². The molecule has 29 heavy (non-hydrogen) atoms. The number of carbonyl (C=O) groups excluding carboxylic acids is 2. The normalized spacial score (nSPS) is 36.3. The molecule has 1 unspecified atom stereocenters. The molecular formula is C24H40NO4. The number of nitrogens with zero attached hydrogens (tertiary/aromatic N) is 1. The highest BCUT2D eigenvalue weighted by Crippen LogP contribution is 2.70. The predicted molar refractivity (Wildman–Crippen MR) is 113 cm³/mol. The summed E-state index contributed by atoms with van der Waals surface area (Å²) in [6, 6.07) is 0. The van der Waals surface area contributed by atoms with E-state index in [0.717, 1.165) is 18.9 Å². The fourth-order valence-corrected chi connectivity index (χ4v) is 7.32. The van der Waals surface area contributed by atoms with Crippen molar-refractivity contribution in [1.29, 1.82) is 0 Å². The van der Waals surface area contributed by atoms with Crippen LogP contribution < -0.4 is 0 Å². The molecule has 4 aliphatic rings. The Labute approximate surface area is 176 Å². The van der Waals surface area contributed by atoms with Gasteiger partial charge in [0.05, 0.1) is 19.6 Å². The molecule has 0 heterocycles. The second kappa shape index (κ2) is 8.56. The first-order valence-corrected chi connectivity index (χ1v) is 11.3. The molecule has 0 aromatic heterocycles. The van der Waals surface area contributed by atoms with Gasteiger partial charge in [-0.05, 0) is 94.7 Å². The smallest absolute Gasteiger partial charge is 0.306 e. The Hall–Kier alpha value is -1.10. The average Bonchev–Trinajstić information content (AvgIpc) is 2.54. The van der Waals surface area contributed by atoms with Crippen molar-refractivity contribution in [3.05, 3.63) is 6.92 Å². The van der Waals surface area contributed by atoms with Crippen LogP contribution >= 0.6 is 0 Å². The highest BCUT2D eigenvalue weighted by molar-refractivity contribution is 5.70. The molecule has 4 saturated carbocycles. The third kappa shape index (κ3) is 5.96. The van der Waals surface area contributed by atoms with Crippen LogP contribution in [-0.4, -0.2) is 50.7 Å². The third-order valence-electron chi connectivity index (χ3n) is 7.21. The highest BCUT2D eigenvalue weighted by atomic mass is 16.5. The zero-order chi connectivity index (χ0) is 21.3. The maximum Gasteiger partial charge on any atom is 0.306 e. The number of ether oxygens (including phenoxy) is 2. The maximum atomic E-state index is 12.6. The summed E-state index contributed by atoms with van der Waals surface area (Å²) in [6.45, 7) is 10.1. The molecule has 0 amide bonds. The molecule has 0 aromatic rings. The molecule has 4 rings (SSSR count). The number of rotatable bonds is 10. The standard InChI is InChI=1S/C24H40NO4/c1-18(13-28-20(26)7-6-8-25(4)5)14-29-21(27)12-24-11-19-9-22(2,16-24)15-23(3,10-19)17-24/h18-19H,1,6-17H2,2-5H3/t18?,19-,22+,23-,24-. The average molecular weight is 407 g/mol. The molecule has 0 saturated heterocycles. The predicted octanol–water partition coefficient (Wildman–Crippen LogP) is 4.25. The summed E-state index contributed by atoms with van der Waals surface area (Å²) in [5, 5.41) is 0. The highest BCUT2D eigenvalue weighted by Gasteiger charge is 2.60. The fourth-order valence-electron chi connectivity index (χ4n) is 7.32. The molecule has 4 aliphatic carbocycles. The SMILES string of the molecule is [CH2]C(COC(=O)CCCN(C)C)COC(=O)C[C@@]12C[C@@H]3C[C@@](C)(C[C@@](C)(C3)C1)C2. The van der Waals surface area contributed by atoms with Gasteiger partial charge in [-0.2, -0.15) is 0 Å². The number of hydrogen-bond acceptors (Lipinski definition) is 5. The number of carbonyl (C=O) groups is 2. The molecule has 4 bridgehead atoms. The monoisotopic (exact) mass is 406 g/mol. The van der Waals surface area contributed by atoms with Crippen LogP contribution in [0.15, 0.2) is 0 Å². The van der Waals surface area contributed by atoms with Crippen LogP contribution in [0.4, 0.5) is 0 Å². The molecule has 5 heteroatoms. The van der Waals surface area contributed by atoms with Gasteiger partial charge in [0, 0.05) is 12.3 Å². The molecule has 5 atom stereocenters. The molecular weight excluding hydrogens is 366 g/mol. The van der Waals surface area contributed by atoms with Crippen LogP contribution in [-0.2, 0) is 19.1 Å². The first-order valence-electron chi connectivity index (χ1n) is 11.3. The molecule has 0 aromatic carbocycles. The zero-order valence-electron chi connectivity index (χ0n) is 18.9. The van der Waals surface area contributed by atoms with Gasteiger partial charge in [0.25, 0.3) is 0 Å². The molecule has 0 N–H and O–H groups in total. The Morgan fingerprint density at radius 3 is 2.14 bits per heavy atom. The van der Waals surface area contributed by atoms with E-state index in [1.54, 1.807) is 0 Å². The minimum atomic E-state index is -0.219. The van der Waals surface area contributed by atoms with E-state index in [0.29, 0.717) is 23.7 Å². The lowest BCUT2D eigenvalue weighted by molar-refractivity contribution is -0.169. The van der Waals surface area contributed by atoms with Crippen LogP contribution in [0, 0.1) is 35.0 Å². The van der Waals surface area contributed by atoms with E-state index in [4.69, 9.17) is 9.47 Å². The van der Waals surface area contributed by atoms with Gasteiger partial charge in [0.2, 0.25) is 0 Å². The summed E-state index contributed by atoms with van der Waals surface area (Å²) >= 11 is 0. The Kier molecular flexibility index (Phi) is 6.67. The summed E-state index contributed by atoms with van der Waals surface area (Å²) in [5.74, 6) is 0.247. The number of hydrogen-bond donors (Lipinski definition) is 0. The molecule has 4 fully saturated rings. The Bertz CT molecular complexity index is 598. The van der Waals surface area contributed by atoms with Gasteiger partial charge in [0.15, 0.2) is 0 Å². The fraction of sp³-hybridized carbons (Fsp3) is 0.875. The minimum Gasteiger partial charge on any atom is -0.465 e. The lowest BCUT2D eigenvalue weighted by Crippen LogP contribution is -2.55. The molecule has 0 spiro atoms. The van der Waals surface area contributed by atoms with Crippen molar-refractivity contribution in [1.82, 2.24) is 4.90 Å². The molecule has 1 radical (unpaired) electrons. The second-order valence-corrected chi connectivity index (χ2v) is 11.4. The van der Waals surface area contributed by atoms with Crippen LogP contribution in [0.25, 0.3) is 0 Å². The van der Waals surface area contributed by atoms with Crippen LogP contribution in [0.1, 0.15) is 71.6 Å². The van der Waals surface area contributed by atoms with Gasteiger partial charge in [-0.3, -0.25) is 9.59 Å². The van der Waals surface area contributed by atoms with Gasteiger partial charge in [-0.25, -0.2) is 0 Å². The summed E-state index contributed by atoms with van der Waals surface area (Å²) in [5.41, 5.74) is 0.948. The molecule has 0 aliphatic heterocycles. The van der Waals surface area contributed by atoms with Crippen LogP contribution in [0.2, 0.25) is 0 Å². The van der Waals surface area contributed by atoms with Gasteiger partial charge >= 0.3 is 11.9 Å². The quantitative estimate of drug-likeness (QED) is 0.508. The van der Waals surface area contributed by atoms with Crippen molar-refractivity contribution in [2.45, 2.75) is 71.6 Å².